The Balaban J connectivity index is 2.31. The first-order valence-corrected chi connectivity index (χ1v) is 6.51. The van der Waals surface area contributed by atoms with Gasteiger partial charge in [0.1, 0.15) is 5.84 Å². The lowest BCUT2D eigenvalue weighted by Gasteiger charge is -2.22. The van der Waals surface area contributed by atoms with Crippen LogP contribution in [0.3, 0.4) is 0 Å². The van der Waals surface area contributed by atoms with Gasteiger partial charge in [-0.1, -0.05) is 18.5 Å². The van der Waals surface area contributed by atoms with Crippen molar-refractivity contribution >= 4 is 5.84 Å². The van der Waals surface area contributed by atoms with Crippen molar-refractivity contribution in [2.45, 2.75) is 45.1 Å². The normalized spacial score (nSPS) is 27.3. The molecule has 1 rings (SSSR count). The second-order valence-electron chi connectivity index (χ2n) is 4.94. The van der Waals surface area contributed by atoms with E-state index in [0.717, 1.165) is 19.4 Å². The fourth-order valence-electron chi connectivity index (χ4n) is 2.59. The van der Waals surface area contributed by atoms with Crippen LogP contribution in [0.5, 0.6) is 0 Å². The first-order chi connectivity index (χ1) is 8.21. The molecule has 0 saturated heterocycles. The molecule has 0 amide bonds. The number of oxime groups is 1. The molecular formula is C12H25N3O2. The first kappa shape index (κ1) is 14.3. The molecule has 0 bridgehead atoms. The Morgan fingerprint density at radius 3 is 2.76 bits per heavy atom. The van der Waals surface area contributed by atoms with E-state index in [9.17, 15) is 5.11 Å². The zero-order valence-corrected chi connectivity index (χ0v) is 10.6. The Kier molecular flexibility index (Phi) is 6.29. The number of aliphatic hydroxyl groups excluding tert-OH is 1. The van der Waals surface area contributed by atoms with Gasteiger partial charge < -0.3 is 21.4 Å². The monoisotopic (exact) mass is 243 g/mol. The lowest BCUT2D eigenvalue weighted by atomic mass is 9.96. The van der Waals surface area contributed by atoms with Crippen LogP contribution in [0.25, 0.3) is 0 Å². The van der Waals surface area contributed by atoms with Gasteiger partial charge in [0.25, 0.3) is 0 Å². The van der Waals surface area contributed by atoms with Crippen LogP contribution in [-0.2, 0) is 0 Å². The van der Waals surface area contributed by atoms with E-state index in [1.807, 2.05) is 0 Å². The van der Waals surface area contributed by atoms with Crippen molar-refractivity contribution in [2.24, 2.45) is 22.7 Å². The summed E-state index contributed by atoms with van der Waals surface area (Å²) in [6, 6.07) is 0.255. The molecule has 3 atom stereocenters. The van der Waals surface area contributed by atoms with Crippen molar-refractivity contribution in [1.82, 2.24) is 5.32 Å². The third-order valence-electron chi connectivity index (χ3n) is 3.80. The molecule has 5 N–H and O–H groups in total. The fourth-order valence-corrected chi connectivity index (χ4v) is 2.59. The summed E-state index contributed by atoms with van der Waals surface area (Å²) in [5.41, 5.74) is 5.51. The van der Waals surface area contributed by atoms with Crippen LogP contribution in [0, 0.1) is 11.8 Å². The van der Waals surface area contributed by atoms with Gasteiger partial charge in [-0.15, -0.1) is 0 Å². The van der Waals surface area contributed by atoms with Gasteiger partial charge >= 0.3 is 0 Å². The summed E-state index contributed by atoms with van der Waals surface area (Å²) in [5.74, 6) is 1.29. The van der Waals surface area contributed by atoms with E-state index in [1.54, 1.807) is 0 Å². The molecule has 1 aliphatic carbocycles. The van der Waals surface area contributed by atoms with Gasteiger partial charge in [-0.3, -0.25) is 0 Å². The zero-order chi connectivity index (χ0) is 12.7. The van der Waals surface area contributed by atoms with E-state index in [0.29, 0.717) is 24.9 Å². The molecule has 0 aromatic heterocycles. The van der Waals surface area contributed by atoms with Gasteiger partial charge in [-0.05, 0) is 37.6 Å². The smallest absolute Gasteiger partial charge is 0.140 e. The van der Waals surface area contributed by atoms with Gasteiger partial charge in [0.2, 0.25) is 0 Å². The molecule has 5 heteroatoms. The quantitative estimate of drug-likeness (QED) is 0.231. The van der Waals surface area contributed by atoms with Crippen LogP contribution in [0.15, 0.2) is 5.16 Å². The van der Waals surface area contributed by atoms with E-state index in [1.165, 1.54) is 12.8 Å². The fraction of sp³-hybridized carbons (Fsp3) is 0.917. The predicted molar refractivity (Wildman–Crippen MR) is 68.0 cm³/mol. The second kappa shape index (κ2) is 7.50. The number of hydrogen-bond acceptors (Lipinski definition) is 4. The summed E-state index contributed by atoms with van der Waals surface area (Å²) in [6.45, 7) is 3.30. The van der Waals surface area contributed by atoms with Gasteiger partial charge in [0.15, 0.2) is 0 Å². The minimum absolute atomic E-state index is 0.255. The maximum absolute atomic E-state index is 9.24. The topological polar surface area (TPSA) is 90.9 Å². The summed E-state index contributed by atoms with van der Waals surface area (Å²) in [7, 11) is 0. The summed E-state index contributed by atoms with van der Waals surface area (Å²) >= 11 is 0. The first-order valence-electron chi connectivity index (χ1n) is 6.51. The standard InChI is InChI=1S/C12H25N3O2/c1-2-11(6-12(13)15-17)14-7-9-4-3-5-10(9)8-16/h9-11,14,16-17H,2-8H2,1H3,(H2,13,15). The van der Waals surface area contributed by atoms with Crippen LogP contribution in [0.4, 0.5) is 0 Å². The largest absolute Gasteiger partial charge is 0.409 e. The van der Waals surface area contributed by atoms with Crippen molar-refractivity contribution in [3.8, 4) is 0 Å². The van der Waals surface area contributed by atoms with Crippen molar-refractivity contribution in [2.75, 3.05) is 13.2 Å². The Labute approximate surface area is 103 Å². The number of nitrogens with one attached hydrogen (secondary N) is 1. The molecule has 0 radical (unpaired) electrons. The van der Waals surface area contributed by atoms with Gasteiger partial charge in [0.05, 0.1) is 0 Å². The molecule has 1 fully saturated rings. The molecular weight excluding hydrogens is 218 g/mol. The van der Waals surface area contributed by atoms with E-state index >= 15 is 0 Å². The molecule has 3 unspecified atom stereocenters. The lowest BCUT2D eigenvalue weighted by Crippen LogP contribution is -2.37. The maximum atomic E-state index is 9.24. The Morgan fingerprint density at radius 2 is 2.18 bits per heavy atom. The van der Waals surface area contributed by atoms with Crippen molar-refractivity contribution in [3.05, 3.63) is 0 Å². The van der Waals surface area contributed by atoms with Gasteiger partial charge in [-0.2, -0.15) is 0 Å². The van der Waals surface area contributed by atoms with Crippen LogP contribution in [0.1, 0.15) is 39.0 Å². The molecule has 0 spiro atoms. The predicted octanol–water partition coefficient (Wildman–Crippen LogP) is 0.900. The minimum Gasteiger partial charge on any atom is -0.409 e. The highest BCUT2D eigenvalue weighted by Crippen LogP contribution is 2.30. The summed E-state index contributed by atoms with van der Waals surface area (Å²) in [4.78, 5) is 0. The molecule has 100 valence electrons. The highest BCUT2D eigenvalue weighted by Gasteiger charge is 2.26. The number of amidine groups is 1. The lowest BCUT2D eigenvalue weighted by molar-refractivity contribution is 0.190. The molecule has 0 heterocycles. The Bertz CT molecular complexity index is 246. The highest BCUT2D eigenvalue weighted by atomic mass is 16.4. The highest BCUT2D eigenvalue weighted by molar-refractivity contribution is 5.80. The average molecular weight is 243 g/mol. The molecule has 1 aliphatic rings. The molecule has 5 nitrogen and oxygen atoms in total. The zero-order valence-electron chi connectivity index (χ0n) is 10.6. The van der Waals surface area contributed by atoms with Gasteiger partial charge in [0, 0.05) is 19.1 Å². The van der Waals surface area contributed by atoms with Crippen LogP contribution in [-0.4, -0.2) is 35.3 Å². The molecule has 0 aliphatic heterocycles. The number of nitrogens with two attached hydrogens (primary N) is 1. The third kappa shape index (κ3) is 4.52. The summed E-state index contributed by atoms with van der Waals surface area (Å²) in [6.07, 6.45) is 5.07. The van der Waals surface area contributed by atoms with Crippen LogP contribution in [0.2, 0.25) is 0 Å². The Morgan fingerprint density at radius 1 is 1.47 bits per heavy atom. The van der Waals surface area contributed by atoms with E-state index in [2.05, 4.69) is 17.4 Å². The van der Waals surface area contributed by atoms with Gasteiger partial charge in [-0.25, -0.2) is 0 Å². The second-order valence-corrected chi connectivity index (χ2v) is 4.94. The van der Waals surface area contributed by atoms with Crippen LogP contribution >= 0.6 is 0 Å². The number of rotatable bonds is 7. The Hall–Kier alpha value is -0.810. The minimum atomic E-state index is 0.255. The molecule has 1 saturated carbocycles. The molecule has 0 aromatic rings. The van der Waals surface area contributed by atoms with Crippen molar-refractivity contribution in [3.63, 3.8) is 0 Å². The summed E-state index contributed by atoms with van der Waals surface area (Å²) < 4.78 is 0. The SMILES string of the molecule is CCC(CC(N)=NO)NCC1CCCC1CO. The van der Waals surface area contributed by atoms with Crippen LogP contribution < -0.4 is 11.1 Å². The third-order valence-corrected chi connectivity index (χ3v) is 3.80. The number of aliphatic hydroxyl groups is 1. The van der Waals surface area contributed by atoms with E-state index in [-0.39, 0.29) is 11.9 Å². The number of hydrogen-bond donors (Lipinski definition) is 4. The van der Waals surface area contributed by atoms with Crippen molar-refractivity contribution in [1.29, 1.82) is 0 Å². The van der Waals surface area contributed by atoms with E-state index in [4.69, 9.17) is 10.9 Å². The number of nitrogens with zero attached hydrogens (tertiary/aromatic N) is 1. The average Bonchev–Trinajstić information content (AvgIpc) is 2.81. The van der Waals surface area contributed by atoms with Crippen molar-refractivity contribution < 1.29 is 10.3 Å². The maximum Gasteiger partial charge on any atom is 0.140 e. The molecule has 0 aromatic carbocycles. The van der Waals surface area contributed by atoms with E-state index < -0.39 is 0 Å². The molecule has 17 heavy (non-hydrogen) atoms. The summed E-state index contributed by atoms with van der Waals surface area (Å²) in [5, 5.41) is 24.2.